The monoisotopic (exact) mass is 396 g/mol. The molecule has 26 heavy (non-hydrogen) atoms. The van der Waals surface area contributed by atoms with Crippen LogP contribution in [0.15, 0.2) is 47.4 Å². The zero-order valence-corrected chi connectivity index (χ0v) is 17.6. The third-order valence-electron chi connectivity index (χ3n) is 3.91. The highest BCUT2D eigenvalue weighted by Gasteiger charge is 2.30. The summed E-state index contributed by atoms with van der Waals surface area (Å²) in [6.07, 6.45) is 6.54. The number of thioether (sulfide) groups is 2. The van der Waals surface area contributed by atoms with Crippen LogP contribution in [0.2, 0.25) is 0 Å². The van der Waals surface area contributed by atoms with Gasteiger partial charge in [-0.2, -0.15) is 0 Å². The molecule has 0 bridgehead atoms. The van der Waals surface area contributed by atoms with Gasteiger partial charge in [-0.05, 0) is 26.7 Å². The topological polar surface area (TPSA) is 52.6 Å². The largest absolute Gasteiger partial charge is 0.461 e. The van der Waals surface area contributed by atoms with Crippen molar-refractivity contribution >= 4 is 35.5 Å². The van der Waals surface area contributed by atoms with Crippen molar-refractivity contribution < 1.29 is 19.1 Å². The van der Waals surface area contributed by atoms with E-state index in [1.165, 1.54) is 4.91 Å². The molecule has 2 unspecified atom stereocenters. The van der Waals surface area contributed by atoms with Crippen molar-refractivity contribution in [3.05, 3.63) is 47.4 Å². The fourth-order valence-electron chi connectivity index (χ4n) is 2.08. The van der Waals surface area contributed by atoms with Crippen LogP contribution >= 0.6 is 23.5 Å². The molecule has 0 heterocycles. The average Bonchev–Trinajstić information content (AvgIpc) is 2.58. The van der Waals surface area contributed by atoms with Gasteiger partial charge < -0.3 is 9.47 Å². The first-order valence-corrected chi connectivity index (χ1v) is 10.5. The number of carbonyl (C=O) groups excluding carboxylic acids is 2. The van der Waals surface area contributed by atoms with Gasteiger partial charge >= 0.3 is 11.9 Å². The molecule has 0 aromatic rings. The SMILES string of the molecule is C=C(C)C(=O)OCCSC1=CC(C)C(C)(SCCOC(=O)C(=C)C)C=C1. The highest BCUT2D eigenvalue weighted by atomic mass is 32.2. The zero-order chi connectivity index (χ0) is 19.7. The van der Waals surface area contributed by atoms with Crippen LogP contribution in [0.4, 0.5) is 0 Å². The van der Waals surface area contributed by atoms with Crippen LogP contribution in [-0.2, 0) is 19.1 Å². The molecule has 0 radical (unpaired) electrons. The molecule has 2 atom stereocenters. The van der Waals surface area contributed by atoms with Crippen LogP contribution in [0.1, 0.15) is 27.7 Å². The fourth-order valence-corrected chi connectivity index (χ4v) is 4.05. The summed E-state index contributed by atoms with van der Waals surface area (Å²) in [6.45, 7) is 15.5. The van der Waals surface area contributed by atoms with E-state index in [0.29, 0.717) is 36.0 Å². The summed E-state index contributed by atoms with van der Waals surface area (Å²) in [5.74, 6) is 1.10. The molecule has 0 aromatic carbocycles. The Labute approximate surface area is 165 Å². The number of hydrogen-bond donors (Lipinski definition) is 0. The van der Waals surface area contributed by atoms with Gasteiger partial charge in [0.2, 0.25) is 0 Å². The Hall–Kier alpha value is -1.40. The maximum absolute atomic E-state index is 11.4. The van der Waals surface area contributed by atoms with Gasteiger partial charge in [0.15, 0.2) is 0 Å². The molecule has 0 amide bonds. The zero-order valence-electron chi connectivity index (χ0n) is 16.0. The number of carbonyl (C=O) groups is 2. The lowest BCUT2D eigenvalue weighted by Gasteiger charge is -2.33. The molecule has 0 aliphatic heterocycles. The number of esters is 2. The van der Waals surface area contributed by atoms with E-state index in [4.69, 9.17) is 9.47 Å². The first-order chi connectivity index (χ1) is 12.2. The third-order valence-corrected chi connectivity index (χ3v) is 6.39. The summed E-state index contributed by atoms with van der Waals surface area (Å²) in [7, 11) is 0. The maximum Gasteiger partial charge on any atom is 0.333 e. The van der Waals surface area contributed by atoms with Gasteiger partial charge in [-0.3, -0.25) is 0 Å². The van der Waals surface area contributed by atoms with Gasteiger partial charge in [-0.25, -0.2) is 9.59 Å². The van der Waals surface area contributed by atoms with Crippen molar-refractivity contribution in [2.24, 2.45) is 5.92 Å². The van der Waals surface area contributed by atoms with E-state index in [2.05, 4.69) is 45.2 Å². The van der Waals surface area contributed by atoms with Crippen molar-refractivity contribution in [1.82, 2.24) is 0 Å². The Morgan fingerprint density at radius 3 is 2.15 bits per heavy atom. The van der Waals surface area contributed by atoms with Crippen LogP contribution in [0.5, 0.6) is 0 Å². The molecule has 0 saturated heterocycles. The van der Waals surface area contributed by atoms with Gasteiger partial charge in [0.05, 0.1) is 0 Å². The molecule has 1 aliphatic rings. The Morgan fingerprint density at radius 2 is 1.65 bits per heavy atom. The van der Waals surface area contributed by atoms with E-state index in [1.54, 1.807) is 37.4 Å². The van der Waals surface area contributed by atoms with E-state index in [-0.39, 0.29) is 16.7 Å². The van der Waals surface area contributed by atoms with Gasteiger partial charge in [0.25, 0.3) is 0 Å². The minimum atomic E-state index is -0.344. The molecule has 0 aromatic heterocycles. The normalized spacial score (nSPS) is 21.7. The molecule has 0 fully saturated rings. The molecule has 4 nitrogen and oxygen atoms in total. The van der Waals surface area contributed by atoms with Crippen molar-refractivity contribution in [2.45, 2.75) is 32.4 Å². The number of allylic oxidation sites excluding steroid dienone is 2. The minimum Gasteiger partial charge on any atom is -0.461 e. The Bertz CT molecular complexity index is 621. The second-order valence-electron chi connectivity index (χ2n) is 6.40. The molecular formula is C20H28O4S2. The predicted molar refractivity (Wildman–Crippen MR) is 111 cm³/mol. The Kier molecular flexibility index (Phi) is 9.30. The lowest BCUT2D eigenvalue weighted by molar-refractivity contribution is -0.139. The number of rotatable bonds is 10. The standard InChI is InChI=1S/C20H28O4S2/c1-14(2)18(21)23-9-11-25-17-7-8-20(6,16(5)13-17)26-12-10-24-19(22)15(3)4/h7-8,13,16H,1,3,9-12H2,2,4-6H3. The van der Waals surface area contributed by atoms with Crippen LogP contribution in [0.3, 0.4) is 0 Å². The van der Waals surface area contributed by atoms with Gasteiger partial charge in [-0.15, -0.1) is 23.5 Å². The lowest BCUT2D eigenvalue weighted by Crippen LogP contribution is -2.28. The van der Waals surface area contributed by atoms with E-state index >= 15 is 0 Å². The summed E-state index contributed by atoms with van der Waals surface area (Å²) in [6, 6.07) is 0. The van der Waals surface area contributed by atoms with Gasteiger partial charge in [0.1, 0.15) is 13.2 Å². The molecule has 0 saturated carbocycles. The fraction of sp³-hybridized carbons (Fsp3) is 0.500. The van der Waals surface area contributed by atoms with Crippen LogP contribution < -0.4 is 0 Å². The Balaban J connectivity index is 2.37. The van der Waals surface area contributed by atoms with E-state index in [1.807, 2.05) is 0 Å². The number of ether oxygens (including phenoxy) is 2. The summed E-state index contributed by atoms with van der Waals surface area (Å²) >= 11 is 3.44. The summed E-state index contributed by atoms with van der Waals surface area (Å²) in [5, 5.41) is 0. The van der Waals surface area contributed by atoms with Crippen LogP contribution in [-0.4, -0.2) is 41.4 Å². The Morgan fingerprint density at radius 1 is 1.12 bits per heavy atom. The number of hydrogen-bond acceptors (Lipinski definition) is 6. The quantitative estimate of drug-likeness (QED) is 0.307. The van der Waals surface area contributed by atoms with Crippen molar-refractivity contribution in [3.8, 4) is 0 Å². The first-order valence-electron chi connectivity index (χ1n) is 8.49. The highest BCUT2D eigenvalue weighted by Crippen LogP contribution is 2.40. The van der Waals surface area contributed by atoms with E-state index in [9.17, 15) is 9.59 Å². The van der Waals surface area contributed by atoms with E-state index in [0.717, 1.165) is 5.75 Å². The van der Waals surface area contributed by atoms with Crippen molar-refractivity contribution in [1.29, 1.82) is 0 Å². The highest BCUT2D eigenvalue weighted by molar-refractivity contribution is 8.03. The second-order valence-corrected chi connectivity index (χ2v) is 9.15. The third kappa shape index (κ3) is 7.46. The maximum atomic E-state index is 11.4. The average molecular weight is 397 g/mol. The molecule has 1 aliphatic carbocycles. The summed E-state index contributed by atoms with van der Waals surface area (Å²) in [4.78, 5) is 23.9. The van der Waals surface area contributed by atoms with Gasteiger partial charge in [0, 0.05) is 32.3 Å². The summed E-state index contributed by atoms with van der Waals surface area (Å²) < 4.78 is 10.2. The van der Waals surface area contributed by atoms with Crippen LogP contribution in [0, 0.1) is 5.92 Å². The summed E-state index contributed by atoms with van der Waals surface area (Å²) in [5.41, 5.74) is 0.841. The smallest absolute Gasteiger partial charge is 0.333 e. The lowest BCUT2D eigenvalue weighted by atomic mass is 9.91. The molecule has 0 N–H and O–H groups in total. The molecule has 144 valence electrons. The van der Waals surface area contributed by atoms with Crippen molar-refractivity contribution in [2.75, 3.05) is 24.7 Å². The first kappa shape index (κ1) is 22.6. The van der Waals surface area contributed by atoms with Crippen molar-refractivity contribution in [3.63, 3.8) is 0 Å². The minimum absolute atomic E-state index is 0.0356. The van der Waals surface area contributed by atoms with Crippen LogP contribution in [0.25, 0.3) is 0 Å². The molecule has 6 heteroatoms. The van der Waals surface area contributed by atoms with Gasteiger partial charge in [-0.1, -0.05) is 38.3 Å². The molecule has 1 rings (SSSR count). The molecule has 0 spiro atoms. The second kappa shape index (κ2) is 10.7. The predicted octanol–water partition coefficient (Wildman–Crippen LogP) is 4.54. The van der Waals surface area contributed by atoms with E-state index < -0.39 is 0 Å². The molecular weight excluding hydrogens is 368 g/mol.